The SMILES string of the molecule is COc1ccc2nc([C@@H]3CCCNC3)n(C)c(=O)c2c1. The number of hydrogen-bond acceptors (Lipinski definition) is 4. The zero-order valence-corrected chi connectivity index (χ0v) is 11.8. The highest BCUT2D eigenvalue weighted by atomic mass is 16.5. The molecule has 5 nitrogen and oxygen atoms in total. The first-order valence-corrected chi connectivity index (χ1v) is 6.96. The van der Waals surface area contributed by atoms with Gasteiger partial charge < -0.3 is 10.1 Å². The maximum atomic E-state index is 12.5. The Morgan fingerprint density at radius 3 is 3.00 bits per heavy atom. The minimum absolute atomic E-state index is 0.00512. The van der Waals surface area contributed by atoms with Crippen LogP contribution >= 0.6 is 0 Å². The first-order chi connectivity index (χ1) is 9.70. The second-order valence-electron chi connectivity index (χ2n) is 5.26. The molecule has 5 heteroatoms. The van der Waals surface area contributed by atoms with Crippen molar-refractivity contribution in [2.24, 2.45) is 7.05 Å². The fourth-order valence-corrected chi connectivity index (χ4v) is 2.83. The van der Waals surface area contributed by atoms with Crippen LogP contribution < -0.4 is 15.6 Å². The van der Waals surface area contributed by atoms with E-state index in [2.05, 4.69) is 5.32 Å². The smallest absolute Gasteiger partial charge is 0.261 e. The molecule has 2 heterocycles. The molecule has 0 radical (unpaired) electrons. The summed E-state index contributed by atoms with van der Waals surface area (Å²) in [5.74, 6) is 1.87. The van der Waals surface area contributed by atoms with Crippen LogP contribution in [0.4, 0.5) is 0 Å². The van der Waals surface area contributed by atoms with Crippen molar-refractivity contribution in [1.29, 1.82) is 0 Å². The van der Waals surface area contributed by atoms with Gasteiger partial charge in [0, 0.05) is 19.5 Å². The van der Waals surface area contributed by atoms with Crippen LogP contribution in [0.25, 0.3) is 10.9 Å². The monoisotopic (exact) mass is 273 g/mol. The third-order valence-electron chi connectivity index (χ3n) is 3.98. The summed E-state index contributed by atoms with van der Waals surface area (Å²) in [5, 5.41) is 3.98. The van der Waals surface area contributed by atoms with Crippen molar-refractivity contribution < 1.29 is 4.74 Å². The lowest BCUT2D eigenvalue weighted by molar-refractivity contribution is 0.415. The number of nitrogens with zero attached hydrogens (tertiary/aromatic N) is 2. The van der Waals surface area contributed by atoms with E-state index >= 15 is 0 Å². The number of aromatic nitrogens is 2. The van der Waals surface area contributed by atoms with Crippen molar-refractivity contribution >= 4 is 10.9 Å². The molecule has 0 bridgehead atoms. The number of benzene rings is 1. The van der Waals surface area contributed by atoms with Crippen LogP contribution in [0.15, 0.2) is 23.0 Å². The largest absolute Gasteiger partial charge is 0.497 e. The molecule has 1 fully saturated rings. The molecule has 1 aliphatic heterocycles. The van der Waals surface area contributed by atoms with Gasteiger partial charge in [0.2, 0.25) is 0 Å². The van der Waals surface area contributed by atoms with Gasteiger partial charge in [0.1, 0.15) is 11.6 Å². The fraction of sp³-hybridized carbons (Fsp3) is 0.467. The number of rotatable bonds is 2. The number of piperidine rings is 1. The Balaban J connectivity index is 2.15. The lowest BCUT2D eigenvalue weighted by Gasteiger charge is -2.24. The predicted molar refractivity (Wildman–Crippen MR) is 78.4 cm³/mol. The number of methoxy groups -OCH3 is 1. The summed E-state index contributed by atoms with van der Waals surface area (Å²) in [6.45, 7) is 1.94. The zero-order chi connectivity index (χ0) is 14.1. The van der Waals surface area contributed by atoms with Crippen molar-refractivity contribution in [1.82, 2.24) is 14.9 Å². The second kappa shape index (κ2) is 5.25. The van der Waals surface area contributed by atoms with E-state index in [0.717, 1.165) is 37.3 Å². The average molecular weight is 273 g/mol. The fourth-order valence-electron chi connectivity index (χ4n) is 2.83. The topological polar surface area (TPSA) is 56.1 Å². The van der Waals surface area contributed by atoms with Crippen LogP contribution in [0.2, 0.25) is 0 Å². The van der Waals surface area contributed by atoms with Crippen LogP contribution in [-0.2, 0) is 7.05 Å². The second-order valence-corrected chi connectivity index (χ2v) is 5.26. The van der Waals surface area contributed by atoms with Gasteiger partial charge in [0.15, 0.2) is 0 Å². The van der Waals surface area contributed by atoms with Crippen LogP contribution in [0.5, 0.6) is 5.75 Å². The molecule has 0 spiro atoms. The lowest BCUT2D eigenvalue weighted by Crippen LogP contribution is -2.33. The van der Waals surface area contributed by atoms with Gasteiger partial charge in [-0.2, -0.15) is 0 Å². The molecule has 106 valence electrons. The Morgan fingerprint density at radius 2 is 2.30 bits per heavy atom. The molecule has 1 aliphatic rings. The molecule has 1 N–H and O–H groups in total. The standard InChI is InChI=1S/C15H19N3O2/c1-18-14(10-4-3-7-16-9-10)17-13-6-5-11(20-2)8-12(13)15(18)19/h5-6,8,10,16H,3-4,7,9H2,1-2H3/t10-/m1/s1. The molecule has 0 saturated carbocycles. The molecular formula is C15H19N3O2. The summed E-state index contributed by atoms with van der Waals surface area (Å²) in [4.78, 5) is 17.2. The van der Waals surface area contributed by atoms with Crippen LogP contribution in [-0.4, -0.2) is 29.8 Å². The molecule has 1 saturated heterocycles. The molecule has 0 aliphatic carbocycles. The van der Waals surface area contributed by atoms with E-state index in [1.807, 2.05) is 12.1 Å². The lowest BCUT2D eigenvalue weighted by atomic mass is 9.98. The molecule has 1 aromatic heterocycles. The number of hydrogen-bond donors (Lipinski definition) is 1. The van der Waals surface area contributed by atoms with Gasteiger partial charge in [-0.15, -0.1) is 0 Å². The molecule has 0 unspecified atom stereocenters. The van der Waals surface area contributed by atoms with E-state index < -0.39 is 0 Å². The van der Waals surface area contributed by atoms with E-state index in [4.69, 9.17) is 9.72 Å². The van der Waals surface area contributed by atoms with Crippen LogP contribution in [0, 0.1) is 0 Å². The molecular weight excluding hydrogens is 254 g/mol. The molecule has 20 heavy (non-hydrogen) atoms. The van der Waals surface area contributed by atoms with Crippen molar-refractivity contribution in [2.45, 2.75) is 18.8 Å². The predicted octanol–water partition coefficient (Wildman–Crippen LogP) is 1.41. The Labute approximate surface area is 117 Å². The first-order valence-electron chi connectivity index (χ1n) is 6.96. The van der Waals surface area contributed by atoms with Crippen molar-refractivity contribution in [3.63, 3.8) is 0 Å². The van der Waals surface area contributed by atoms with Crippen molar-refractivity contribution in [3.05, 3.63) is 34.4 Å². The highest BCUT2D eigenvalue weighted by Crippen LogP contribution is 2.23. The Bertz CT molecular complexity index is 687. The van der Waals surface area contributed by atoms with Crippen molar-refractivity contribution in [3.8, 4) is 5.75 Å². The average Bonchev–Trinajstić information content (AvgIpc) is 2.51. The van der Waals surface area contributed by atoms with E-state index in [0.29, 0.717) is 17.1 Å². The highest BCUT2D eigenvalue weighted by Gasteiger charge is 2.20. The Morgan fingerprint density at radius 1 is 1.45 bits per heavy atom. The van der Waals surface area contributed by atoms with E-state index in [-0.39, 0.29) is 5.56 Å². The van der Waals surface area contributed by atoms with E-state index in [9.17, 15) is 4.79 Å². The molecule has 1 atom stereocenters. The third kappa shape index (κ3) is 2.18. The molecule has 3 rings (SSSR count). The molecule has 2 aromatic rings. The van der Waals surface area contributed by atoms with Gasteiger partial charge >= 0.3 is 0 Å². The first kappa shape index (κ1) is 13.1. The van der Waals surface area contributed by atoms with Crippen LogP contribution in [0.1, 0.15) is 24.6 Å². The third-order valence-corrected chi connectivity index (χ3v) is 3.98. The van der Waals surface area contributed by atoms with E-state index in [1.165, 1.54) is 0 Å². The maximum Gasteiger partial charge on any atom is 0.261 e. The summed E-state index contributed by atoms with van der Waals surface area (Å²) in [7, 11) is 3.40. The molecule has 1 aromatic carbocycles. The summed E-state index contributed by atoms with van der Waals surface area (Å²) < 4.78 is 6.86. The van der Waals surface area contributed by atoms with Gasteiger partial charge in [-0.1, -0.05) is 0 Å². The van der Waals surface area contributed by atoms with Gasteiger partial charge in [-0.3, -0.25) is 9.36 Å². The normalized spacial score (nSPS) is 19.2. The summed E-state index contributed by atoms with van der Waals surface area (Å²) in [5.41, 5.74) is 0.740. The van der Waals surface area contributed by atoms with Gasteiger partial charge in [0.05, 0.1) is 18.0 Å². The highest BCUT2D eigenvalue weighted by molar-refractivity contribution is 5.79. The Hall–Kier alpha value is -1.88. The summed E-state index contributed by atoms with van der Waals surface area (Å²) in [6, 6.07) is 5.46. The minimum Gasteiger partial charge on any atom is -0.497 e. The summed E-state index contributed by atoms with van der Waals surface area (Å²) >= 11 is 0. The Kier molecular flexibility index (Phi) is 3.44. The quantitative estimate of drug-likeness (QED) is 0.899. The van der Waals surface area contributed by atoms with Crippen LogP contribution in [0.3, 0.4) is 0 Å². The van der Waals surface area contributed by atoms with Crippen molar-refractivity contribution in [2.75, 3.05) is 20.2 Å². The number of ether oxygens (including phenoxy) is 1. The minimum atomic E-state index is -0.00512. The summed E-state index contributed by atoms with van der Waals surface area (Å²) in [6.07, 6.45) is 2.20. The van der Waals surface area contributed by atoms with Gasteiger partial charge in [0.25, 0.3) is 5.56 Å². The zero-order valence-electron chi connectivity index (χ0n) is 11.8. The van der Waals surface area contributed by atoms with E-state index in [1.54, 1.807) is 24.8 Å². The maximum absolute atomic E-state index is 12.5. The molecule has 0 amide bonds. The number of fused-ring (bicyclic) bond motifs is 1. The van der Waals surface area contributed by atoms with Gasteiger partial charge in [-0.25, -0.2) is 4.98 Å². The number of nitrogens with one attached hydrogen (secondary N) is 1. The van der Waals surface area contributed by atoms with Gasteiger partial charge in [-0.05, 0) is 37.6 Å².